The lowest BCUT2D eigenvalue weighted by molar-refractivity contribution is 0.190. The van der Waals surface area contributed by atoms with Crippen molar-refractivity contribution in [1.82, 2.24) is 24.8 Å². The SMILES string of the molecule is C/C=C\C(=C(\C)c1cnc(-c2c(N)c3c(F)cccc3[nH]c2=O)[nH]1)N1CCN(C)CC1. The first kappa shape index (κ1) is 20.9. The molecule has 0 spiro atoms. The Balaban J connectivity index is 1.78. The average Bonchev–Trinajstić information content (AvgIpc) is 3.22. The molecule has 4 N–H and O–H groups in total. The molecule has 31 heavy (non-hydrogen) atoms. The summed E-state index contributed by atoms with van der Waals surface area (Å²) in [6, 6.07) is 4.48. The molecular weight excluding hydrogens is 395 g/mol. The van der Waals surface area contributed by atoms with Crippen molar-refractivity contribution in [3.63, 3.8) is 0 Å². The number of aromatic amines is 2. The zero-order valence-corrected chi connectivity index (χ0v) is 18.0. The summed E-state index contributed by atoms with van der Waals surface area (Å²) in [5, 5.41) is 0.189. The highest BCUT2D eigenvalue weighted by Gasteiger charge is 2.20. The number of halogens is 1. The van der Waals surface area contributed by atoms with Gasteiger partial charge < -0.3 is 25.5 Å². The monoisotopic (exact) mass is 422 g/mol. The second-order valence-corrected chi connectivity index (χ2v) is 7.85. The number of allylic oxidation sites excluding steroid dienone is 3. The first-order valence-electron chi connectivity index (χ1n) is 10.3. The number of hydrogen-bond acceptors (Lipinski definition) is 5. The summed E-state index contributed by atoms with van der Waals surface area (Å²) in [6.45, 7) is 7.88. The number of piperazine rings is 1. The van der Waals surface area contributed by atoms with Crippen molar-refractivity contribution in [2.45, 2.75) is 13.8 Å². The van der Waals surface area contributed by atoms with Gasteiger partial charge in [-0.05, 0) is 44.7 Å². The molecular formula is C23H27FN6O. The van der Waals surface area contributed by atoms with Gasteiger partial charge in [0.05, 0.1) is 28.5 Å². The number of hydrogen-bond donors (Lipinski definition) is 3. The van der Waals surface area contributed by atoms with Gasteiger partial charge >= 0.3 is 0 Å². The lowest BCUT2D eigenvalue weighted by Crippen LogP contribution is -2.43. The largest absolute Gasteiger partial charge is 0.397 e. The van der Waals surface area contributed by atoms with E-state index in [9.17, 15) is 9.18 Å². The number of anilines is 1. The van der Waals surface area contributed by atoms with Gasteiger partial charge in [-0.3, -0.25) is 4.79 Å². The van der Waals surface area contributed by atoms with Crippen molar-refractivity contribution in [1.29, 1.82) is 0 Å². The average molecular weight is 423 g/mol. The number of fused-ring (bicyclic) bond motifs is 1. The molecule has 0 amide bonds. The maximum absolute atomic E-state index is 14.4. The van der Waals surface area contributed by atoms with E-state index < -0.39 is 11.4 Å². The number of nitrogens with zero attached hydrogens (tertiary/aromatic N) is 3. The van der Waals surface area contributed by atoms with Crippen LogP contribution in [0.1, 0.15) is 19.5 Å². The molecule has 0 atom stereocenters. The van der Waals surface area contributed by atoms with Crippen LogP contribution in [0.15, 0.2) is 47.0 Å². The molecule has 162 valence electrons. The van der Waals surface area contributed by atoms with E-state index in [0.717, 1.165) is 43.1 Å². The van der Waals surface area contributed by atoms with E-state index in [4.69, 9.17) is 5.73 Å². The smallest absolute Gasteiger partial charge is 0.261 e. The number of H-pyrrole nitrogens is 2. The minimum atomic E-state index is -0.485. The quantitative estimate of drug-likeness (QED) is 0.562. The number of aromatic nitrogens is 3. The molecule has 4 rings (SSSR count). The third-order valence-corrected chi connectivity index (χ3v) is 5.80. The molecule has 3 aromatic rings. The molecule has 1 fully saturated rings. The number of nitrogen functional groups attached to an aromatic ring is 1. The van der Waals surface area contributed by atoms with E-state index in [2.05, 4.69) is 37.9 Å². The molecule has 0 unspecified atom stereocenters. The number of nitrogens with two attached hydrogens (primary N) is 1. The van der Waals surface area contributed by atoms with Crippen LogP contribution in [0.5, 0.6) is 0 Å². The molecule has 0 radical (unpaired) electrons. The van der Waals surface area contributed by atoms with Crippen LogP contribution in [0.25, 0.3) is 27.9 Å². The van der Waals surface area contributed by atoms with E-state index in [1.807, 2.05) is 19.9 Å². The van der Waals surface area contributed by atoms with E-state index in [1.165, 1.54) is 12.1 Å². The van der Waals surface area contributed by atoms with Gasteiger partial charge in [-0.15, -0.1) is 0 Å². The lowest BCUT2D eigenvalue weighted by atomic mass is 10.1. The molecule has 0 aliphatic carbocycles. The van der Waals surface area contributed by atoms with Crippen LogP contribution >= 0.6 is 0 Å². The Hall–Kier alpha value is -3.39. The third-order valence-electron chi connectivity index (χ3n) is 5.80. The van der Waals surface area contributed by atoms with Crippen molar-refractivity contribution in [3.05, 3.63) is 64.1 Å². The molecule has 8 heteroatoms. The fraction of sp³-hybridized carbons (Fsp3) is 0.304. The number of pyridine rings is 1. The normalized spacial score (nSPS) is 16.3. The molecule has 2 aromatic heterocycles. The van der Waals surface area contributed by atoms with Crippen LogP contribution in [0.2, 0.25) is 0 Å². The second-order valence-electron chi connectivity index (χ2n) is 7.85. The Morgan fingerprint density at radius 2 is 1.97 bits per heavy atom. The Labute approximate surface area is 180 Å². The summed E-state index contributed by atoms with van der Waals surface area (Å²) in [5.41, 5.74) is 9.30. The summed E-state index contributed by atoms with van der Waals surface area (Å²) in [4.78, 5) is 27.7. The Bertz CT molecular complexity index is 1230. The van der Waals surface area contributed by atoms with Gasteiger partial charge in [0.1, 0.15) is 17.2 Å². The van der Waals surface area contributed by atoms with Gasteiger partial charge in [-0.1, -0.05) is 12.1 Å². The predicted octanol–water partition coefficient (Wildman–Crippen LogP) is 3.19. The van der Waals surface area contributed by atoms with Gasteiger partial charge in [-0.2, -0.15) is 0 Å². The van der Waals surface area contributed by atoms with Crippen LogP contribution < -0.4 is 11.3 Å². The summed E-state index contributed by atoms with van der Waals surface area (Å²) >= 11 is 0. The Morgan fingerprint density at radius 1 is 1.23 bits per heavy atom. The van der Waals surface area contributed by atoms with Crippen molar-refractivity contribution < 1.29 is 4.39 Å². The topological polar surface area (TPSA) is 94.0 Å². The summed E-state index contributed by atoms with van der Waals surface area (Å²) < 4.78 is 14.4. The van der Waals surface area contributed by atoms with Crippen LogP contribution in [0, 0.1) is 5.82 Å². The van der Waals surface area contributed by atoms with Crippen molar-refractivity contribution in [2.75, 3.05) is 39.0 Å². The van der Waals surface area contributed by atoms with Crippen molar-refractivity contribution >= 4 is 22.2 Å². The molecule has 0 saturated carbocycles. The highest BCUT2D eigenvalue weighted by molar-refractivity contribution is 5.97. The minimum absolute atomic E-state index is 0.0760. The predicted molar refractivity (Wildman–Crippen MR) is 123 cm³/mol. The highest BCUT2D eigenvalue weighted by atomic mass is 19.1. The fourth-order valence-electron chi connectivity index (χ4n) is 4.02. The van der Waals surface area contributed by atoms with Crippen molar-refractivity contribution in [3.8, 4) is 11.4 Å². The number of imidazole rings is 1. The van der Waals surface area contributed by atoms with E-state index in [-0.39, 0.29) is 16.6 Å². The fourth-order valence-corrected chi connectivity index (χ4v) is 4.02. The van der Waals surface area contributed by atoms with Gasteiger partial charge in [0, 0.05) is 31.9 Å². The van der Waals surface area contributed by atoms with Gasteiger partial charge in [-0.25, -0.2) is 9.37 Å². The van der Waals surface area contributed by atoms with Crippen LogP contribution in [-0.4, -0.2) is 58.0 Å². The molecule has 7 nitrogen and oxygen atoms in total. The van der Waals surface area contributed by atoms with Crippen LogP contribution in [0.4, 0.5) is 10.1 Å². The number of likely N-dealkylation sites (N-methyl/N-ethyl adjacent to an activating group) is 1. The molecule has 3 heterocycles. The molecule has 1 aliphatic heterocycles. The van der Waals surface area contributed by atoms with E-state index in [0.29, 0.717) is 11.3 Å². The Kier molecular flexibility index (Phi) is 5.65. The van der Waals surface area contributed by atoms with Gasteiger partial charge in [0.15, 0.2) is 0 Å². The van der Waals surface area contributed by atoms with E-state index in [1.54, 1.807) is 12.3 Å². The van der Waals surface area contributed by atoms with E-state index >= 15 is 0 Å². The lowest BCUT2D eigenvalue weighted by Gasteiger charge is -2.35. The van der Waals surface area contributed by atoms with Crippen LogP contribution in [-0.2, 0) is 0 Å². The molecule has 1 aromatic carbocycles. The Morgan fingerprint density at radius 3 is 2.68 bits per heavy atom. The summed E-state index contributed by atoms with van der Waals surface area (Å²) in [6.07, 6.45) is 5.80. The molecule has 1 aliphatic rings. The number of nitrogens with one attached hydrogen (secondary N) is 2. The molecule has 1 saturated heterocycles. The summed E-state index contributed by atoms with van der Waals surface area (Å²) in [5.74, 6) is -0.169. The maximum Gasteiger partial charge on any atom is 0.261 e. The number of rotatable bonds is 4. The maximum atomic E-state index is 14.4. The minimum Gasteiger partial charge on any atom is -0.397 e. The van der Waals surface area contributed by atoms with Crippen molar-refractivity contribution in [2.24, 2.45) is 0 Å². The zero-order valence-electron chi connectivity index (χ0n) is 18.0. The first-order chi connectivity index (χ1) is 14.9. The number of benzene rings is 1. The van der Waals surface area contributed by atoms with Crippen LogP contribution in [0.3, 0.4) is 0 Å². The summed E-state index contributed by atoms with van der Waals surface area (Å²) in [7, 11) is 2.12. The first-order valence-corrected chi connectivity index (χ1v) is 10.3. The standard InChI is InChI=1S/C23H27FN6O/c1-4-6-18(30-11-9-29(3)10-12-30)14(2)17-13-26-22(27-17)20-21(25)19-15(24)7-5-8-16(19)28-23(20)31/h4-8,13H,9-12H2,1-3H3,(H,26,27)(H3,25,28,31)/b6-4-,18-14+. The second kappa shape index (κ2) is 8.39. The van der Waals surface area contributed by atoms with Gasteiger partial charge in [0.2, 0.25) is 0 Å². The van der Waals surface area contributed by atoms with Gasteiger partial charge in [0.25, 0.3) is 5.56 Å². The zero-order chi connectivity index (χ0) is 22.1. The molecule has 0 bridgehead atoms. The third kappa shape index (κ3) is 3.86. The highest BCUT2D eigenvalue weighted by Crippen LogP contribution is 2.30.